The lowest BCUT2D eigenvalue weighted by Gasteiger charge is -2.33. The van der Waals surface area contributed by atoms with Crippen LogP contribution in [0.15, 0.2) is 23.6 Å². The van der Waals surface area contributed by atoms with Crippen molar-refractivity contribution in [3.05, 3.63) is 23.6 Å². The minimum atomic E-state index is -3.10. The summed E-state index contributed by atoms with van der Waals surface area (Å²) in [6.45, 7) is 6.63. The van der Waals surface area contributed by atoms with Gasteiger partial charge >= 0.3 is 5.97 Å². The number of hydrogen-bond acceptors (Lipinski definition) is 9. The molecule has 214 valence electrons. The molecule has 0 radical (unpaired) electrons. The quantitative estimate of drug-likeness (QED) is 0.250. The number of anilines is 2. The van der Waals surface area contributed by atoms with Crippen molar-refractivity contribution < 1.29 is 22.7 Å². The second-order valence-electron chi connectivity index (χ2n) is 10.4. The van der Waals surface area contributed by atoms with Gasteiger partial charge in [0, 0.05) is 17.4 Å². The van der Waals surface area contributed by atoms with E-state index in [4.69, 9.17) is 4.74 Å². The number of nitrogens with one attached hydrogen (secondary N) is 2. The predicted octanol–water partition coefficient (Wildman–Crippen LogP) is 5.10. The second kappa shape index (κ2) is 13.7. The standard InChI is InChI=1S/C28H40N4O5S2/c1-3-5-8-21(7-4-2)39(35,36)22-12-15-32(16-13-22)14-6-9-26(33)31-28-30-24(19-38-28)20-10-11-23-25(17-20)37-27(34)18-29-23/h10-11,17,19,21-22,29H,3-9,12-16,18H2,1-2H3,(H,30,31,33). The van der Waals surface area contributed by atoms with Gasteiger partial charge in [-0.1, -0.05) is 39.2 Å². The highest BCUT2D eigenvalue weighted by Gasteiger charge is 2.35. The van der Waals surface area contributed by atoms with Gasteiger partial charge in [0.1, 0.15) is 6.54 Å². The highest BCUT2D eigenvalue weighted by molar-refractivity contribution is 7.92. The number of fused-ring (bicyclic) bond motifs is 1. The van der Waals surface area contributed by atoms with Crippen molar-refractivity contribution in [1.82, 2.24) is 9.88 Å². The van der Waals surface area contributed by atoms with Gasteiger partial charge in [0.15, 0.2) is 20.7 Å². The van der Waals surface area contributed by atoms with Crippen LogP contribution in [-0.4, -0.2) is 66.9 Å². The molecule has 0 spiro atoms. The van der Waals surface area contributed by atoms with Crippen LogP contribution in [0.3, 0.4) is 0 Å². The Bertz CT molecular complexity index is 1240. The van der Waals surface area contributed by atoms with Gasteiger partial charge in [0.2, 0.25) is 5.91 Å². The number of aromatic nitrogens is 1. The van der Waals surface area contributed by atoms with Crippen LogP contribution < -0.4 is 15.4 Å². The number of thiazole rings is 1. The normalized spacial score (nSPS) is 17.2. The molecule has 1 saturated heterocycles. The first-order valence-electron chi connectivity index (χ1n) is 14.1. The summed E-state index contributed by atoms with van der Waals surface area (Å²) in [5.41, 5.74) is 2.27. The molecule has 4 rings (SSSR count). The number of unbranched alkanes of at least 4 members (excludes halogenated alkanes) is 1. The third-order valence-corrected chi connectivity index (χ3v) is 11.1. The number of amides is 1. The van der Waals surface area contributed by atoms with E-state index >= 15 is 0 Å². The molecule has 1 aromatic heterocycles. The fourth-order valence-corrected chi connectivity index (χ4v) is 8.51. The number of benzene rings is 1. The van der Waals surface area contributed by atoms with Crippen LogP contribution in [0, 0.1) is 0 Å². The predicted molar refractivity (Wildman–Crippen MR) is 156 cm³/mol. The van der Waals surface area contributed by atoms with E-state index in [1.54, 1.807) is 6.07 Å². The van der Waals surface area contributed by atoms with Crippen LogP contribution in [0.4, 0.5) is 10.8 Å². The van der Waals surface area contributed by atoms with Gasteiger partial charge in [-0.25, -0.2) is 18.2 Å². The van der Waals surface area contributed by atoms with Crippen molar-refractivity contribution >= 4 is 43.9 Å². The average Bonchev–Trinajstić information content (AvgIpc) is 3.39. The van der Waals surface area contributed by atoms with Gasteiger partial charge in [-0.3, -0.25) is 4.79 Å². The van der Waals surface area contributed by atoms with Gasteiger partial charge in [-0.05, 0) is 63.9 Å². The van der Waals surface area contributed by atoms with Crippen LogP contribution in [0.25, 0.3) is 11.3 Å². The first-order chi connectivity index (χ1) is 18.8. The molecule has 1 fully saturated rings. The number of piperidine rings is 1. The lowest BCUT2D eigenvalue weighted by atomic mass is 10.1. The Morgan fingerprint density at radius 3 is 2.74 bits per heavy atom. The molecule has 1 unspecified atom stereocenters. The van der Waals surface area contributed by atoms with E-state index in [-0.39, 0.29) is 28.9 Å². The molecule has 1 amide bonds. The Morgan fingerprint density at radius 1 is 1.21 bits per heavy atom. The lowest BCUT2D eigenvalue weighted by molar-refractivity contribution is -0.132. The maximum absolute atomic E-state index is 13.2. The summed E-state index contributed by atoms with van der Waals surface area (Å²) in [5.74, 6) is 0.0554. The number of nitrogens with zero attached hydrogens (tertiary/aromatic N) is 2. The van der Waals surface area contributed by atoms with Crippen LogP contribution in [0.5, 0.6) is 5.75 Å². The molecule has 9 nitrogen and oxygen atoms in total. The Balaban J connectivity index is 1.20. The van der Waals surface area contributed by atoms with E-state index in [1.165, 1.54) is 11.3 Å². The van der Waals surface area contributed by atoms with Crippen LogP contribution >= 0.6 is 11.3 Å². The van der Waals surface area contributed by atoms with Crippen LogP contribution in [0.1, 0.15) is 71.6 Å². The molecule has 1 aromatic carbocycles. The highest BCUT2D eigenvalue weighted by atomic mass is 32.2. The zero-order valence-corrected chi connectivity index (χ0v) is 24.5. The summed E-state index contributed by atoms with van der Waals surface area (Å²) in [6.07, 6.45) is 6.89. The molecule has 2 aromatic rings. The Labute approximate surface area is 235 Å². The molecule has 0 bridgehead atoms. The molecule has 2 N–H and O–H groups in total. The molecular formula is C28H40N4O5S2. The van der Waals surface area contributed by atoms with Crippen molar-refractivity contribution in [1.29, 1.82) is 0 Å². The molecule has 11 heteroatoms. The van der Waals surface area contributed by atoms with Crippen molar-refractivity contribution in [2.45, 2.75) is 82.1 Å². The first kappa shape index (κ1) is 29.5. The Hall–Kier alpha value is -2.50. The summed E-state index contributed by atoms with van der Waals surface area (Å²) in [5, 5.41) is 7.85. The van der Waals surface area contributed by atoms with Crippen LogP contribution in [-0.2, 0) is 19.4 Å². The lowest BCUT2D eigenvalue weighted by Crippen LogP contribution is -2.42. The third kappa shape index (κ3) is 7.79. The van der Waals surface area contributed by atoms with Crippen molar-refractivity contribution in [3.63, 3.8) is 0 Å². The molecule has 0 aliphatic carbocycles. The van der Waals surface area contributed by atoms with Gasteiger partial charge in [-0.15, -0.1) is 11.3 Å². The minimum absolute atomic E-state index is 0.0877. The molecule has 2 aliphatic rings. The summed E-state index contributed by atoms with van der Waals surface area (Å²) in [7, 11) is -3.10. The highest BCUT2D eigenvalue weighted by Crippen LogP contribution is 2.34. The minimum Gasteiger partial charge on any atom is -0.423 e. The zero-order valence-electron chi connectivity index (χ0n) is 22.9. The van der Waals surface area contributed by atoms with Gasteiger partial charge < -0.3 is 20.3 Å². The number of likely N-dealkylation sites (tertiary alicyclic amines) is 1. The van der Waals surface area contributed by atoms with E-state index in [0.717, 1.165) is 63.0 Å². The molecule has 39 heavy (non-hydrogen) atoms. The Morgan fingerprint density at radius 2 is 2.00 bits per heavy atom. The van der Waals surface area contributed by atoms with Gasteiger partial charge in [-0.2, -0.15) is 0 Å². The van der Waals surface area contributed by atoms with Gasteiger partial charge in [0.25, 0.3) is 0 Å². The van der Waals surface area contributed by atoms with E-state index in [0.29, 0.717) is 42.3 Å². The van der Waals surface area contributed by atoms with E-state index < -0.39 is 9.84 Å². The molecular weight excluding hydrogens is 536 g/mol. The number of esters is 1. The van der Waals surface area contributed by atoms with Crippen LogP contribution in [0.2, 0.25) is 0 Å². The maximum atomic E-state index is 13.2. The topological polar surface area (TPSA) is 118 Å². The largest absolute Gasteiger partial charge is 0.423 e. The fraction of sp³-hybridized carbons (Fsp3) is 0.607. The Kier molecular flexibility index (Phi) is 10.4. The number of rotatable bonds is 13. The molecule has 0 saturated carbocycles. The smallest absolute Gasteiger partial charge is 0.330 e. The van der Waals surface area contributed by atoms with Crippen molar-refractivity contribution in [3.8, 4) is 17.0 Å². The van der Waals surface area contributed by atoms with E-state index in [2.05, 4.69) is 34.4 Å². The zero-order chi connectivity index (χ0) is 27.8. The summed E-state index contributed by atoms with van der Waals surface area (Å²) < 4.78 is 31.8. The second-order valence-corrected chi connectivity index (χ2v) is 13.8. The summed E-state index contributed by atoms with van der Waals surface area (Å²) in [6, 6.07) is 5.52. The van der Waals surface area contributed by atoms with E-state index in [9.17, 15) is 18.0 Å². The first-order valence-corrected chi connectivity index (χ1v) is 16.6. The summed E-state index contributed by atoms with van der Waals surface area (Å²) >= 11 is 1.35. The number of carbonyl (C=O) groups is 2. The number of carbonyl (C=O) groups excluding carboxylic acids is 2. The number of sulfone groups is 1. The monoisotopic (exact) mass is 576 g/mol. The molecule has 2 aliphatic heterocycles. The molecule has 1 atom stereocenters. The number of hydrogen-bond donors (Lipinski definition) is 2. The number of ether oxygens (including phenoxy) is 1. The average molecular weight is 577 g/mol. The maximum Gasteiger partial charge on any atom is 0.330 e. The molecule has 3 heterocycles. The SMILES string of the molecule is CCCCC(CCC)S(=O)(=O)C1CCN(CCCC(=O)Nc2nc(-c3ccc4c(c3)OC(=O)CN4)cs2)CC1. The van der Waals surface area contributed by atoms with Gasteiger partial charge in [0.05, 0.1) is 21.9 Å². The fourth-order valence-electron chi connectivity index (χ4n) is 5.31. The van der Waals surface area contributed by atoms with E-state index in [1.807, 2.05) is 17.5 Å². The summed E-state index contributed by atoms with van der Waals surface area (Å²) in [4.78, 5) is 30.9. The van der Waals surface area contributed by atoms with Crippen molar-refractivity contribution in [2.75, 3.05) is 36.8 Å². The van der Waals surface area contributed by atoms with Crippen molar-refractivity contribution in [2.24, 2.45) is 0 Å². The third-order valence-electron chi connectivity index (χ3n) is 7.51.